The highest BCUT2D eigenvalue weighted by Crippen LogP contribution is 1.94. The van der Waals surface area contributed by atoms with Crippen LogP contribution in [0.15, 0.2) is 6.07 Å². The van der Waals surface area contributed by atoms with Crippen molar-refractivity contribution in [2.75, 3.05) is 0 Å². The van der Waals surface area contributed by atoms with Crippen molar-refractivity contribution in [3.8, 4) is 0 Å². The second-order valence-electron chi connectivity index (χ2n) is 2.83. The number of rotatable bonds is 0. The van der Waals surface area contributed by atoms with Gasteiger partial charge in [0.1, 0.15) is 12.7 Å². The number of aromatic nitrogens is 5. The minimum atomic E-state index is 0.648. The molecule has 2 aromatic heterocycles. The number of nitrogens with zero attached hydrogens (tertiary/aromatic N) is 5. The van der Waals surface area contributed by atoms with Crippen LogP contribution in [0, 0.1) is 13.8 Å². The maximum Gasteiger partial charge on any atom is 0.439 e. The van der Waals surface area contributed by atoms with Gasteiger partial charge in [0.05, 0.1) is 10.8 Å². The van der Waals surface area contributed by atoms with E-state index in [4.69, 9.17) is 0 Å². The number of fused-ring (bicyclic) bond motifs is 1. The minimum absolute atomic E-state index is 0.648. The third kappa shape index (κ3) is 0.939. The second kappa shape index (κ2) is 2.23. The van der Waals surface area contributed by atoms with Crippen LogP contribution in [0.1, 0.15) is 11.4 Å². The quantitative estimate of drug-likeness (QED) is 0.496. The summed E-state index contributed by atoms with van der Waals surface area (Å²) >= 11 is 0. The summed E-state index contributed by atoms with van der Waals surface area (Å²) in [6.07, 6.45) is 0. The Hall–Kier alpha value is -1.52. The third-order valence-corrected chi connectivity index (χ3v) is 1.67. The number of aryl methyl sites for hydroxylation is 3. The van der Waals surface area contributed by atoms with Crippen LogP contribution < -0.4 is 4.52 Å². The Morgan fingerprint density at radius 1 is 1.42 bits per heavy atom. The molecule has 0 aliphatic rings. The molecule has 12 heavy (non-hydrogen) atoms. The fraction of sp³-hybridized carbons (Fsp3) is 0.429. The zero-order chi connectivity index (χ0) is 8.72. The molecular weight excluding hydrogens is 154 g/mol. The Labute approximate surface area is 69.6 Å². The Bertz CT molecular complexity index is 431. The molecule has 0 unspecified atom stereocenters. The van der Waals surface area contributed by atoms with Gasteiger partial charge in [0.15, 0.2) is 0 Å². The van der Waals surface area contributed by atoms with E-state index in [1.807, 2.05) is 19.9 Å². The van der Waals surface area contributed by atoms with Gasteiger partial charge in [0.25, 0.3) is 0 Å². The van der Waals surface area contributed by atoms with E-state index in [9.17, 15) is 0 Å². The van der Waals surface area contributed by atoms with Crippen LogP contribution >= 0.6 is 0 Å². The van der Waals surface area contributed by atoms with Gasteiger partial charge in [-0.1, -0.05) is 9.31 Å². The number of hydrogen-bond donors (Lipinski definition) is 0. The molecule has 0 aromatic carbocycles. The third-order valence-electron chi connectivity index (χ3n) is 1.67. The van der Waals surface area contributed by atoms with Gasteiger partial charge < -0.3 is 0 Å². The summed E-state index contributed by atoms with van der Waals surface area (Å²) in [5.41, 5.74) is 2.01. The molecule has 0 bridgehead atoms. The van der Waals surface area contributed by atoms with Crippen molar-refractivity contribution in [3.05, 3.63) is 17.5 Å². The summed E-state index contributed by atoms with van der Waals surface area (Å²) in [5, 5.41) is 8.21. The van der Waals surface area contributed by atoms with Crippen LogP contribution in [0.4, 0.5) is 0 Å². The molecule has 5 nitrogen and oxygen atoms in total. The van der Waals surface area contributed by atoms with Gasteiger partial charge in [-0.25, -0.2) is 0 Å². The maximum atomic E-state index is 4.23. The Morgan fingerprint density at radius 3 is 2.92 bits per heavy atom. The number of tetrazole rings is 1. The fourth-order valence-electron chi connectivity index (χ4n) is 1.21. The first-order valence-electron chi connectivity index (χ1n) is 3.74. The lowest BCUT2D eigenvalue weighted by Gasteiger charge is -1.88. The van der Waals surface area contributed by atoms with Gasteiger partial charge in [-0.3, -0.25) is 0 Å². The highest BCUT2D eigenvalue weighted by molar-refractivity contribution is 5.16. The van der Waals surface area contributed by atoms with E-state index < -0.39 is 0 Å². The van der Waals surface area contributed by atoms with Gasteiger partial charge in [0.2, 0.25) is 0 Å². The van der Waals surface area contributed by atoms with Crippen LogP contribution in [0.5, 0.6) is 0 Å². The van der Waals surface area contributed by atoms with Crippen molar-refractivity contribution in [1.82, 2.24) is 20.1 Å². The summed E-state index contributed by atoms with van der Waals surface area (Å²) in [7, 11) is 1.78. The predicted octanol–water partition coefficient (Wildman–Crippen LogP) is -0.434. The smallest absolute Gasteiger partial charge is 0.105 e. The Kier molecular flexibility index (Phi) is 1.33. The van der Waals surface area contributed by atoms with Gasteiger partial charge >= 0.3 is 5.78 Å². The lowest BCUT2D eigenvalue weighted by molar-refractivity contribution is -0.593. The summed E-state index contributed by atoms with van der Waals surface area (Å²) in [4.78, 5) is 5.73. The topological polar surface area (TPSA) is 47.7 Å². The molecule has 0 amide bonds. The van der Waals surface area contributed by atoms with Crippen LogP contribution in [-0.4, -0.2) is 20.1 Å². The zero-order valence-electron chi connectivity index (χ0n) is 7.31. The van der Waals surface area contributed by atoms with Crippen molar-refractivity contribution in [3.63, 3.8) is 0 Å². The number of hydrogen-bond acceptors (Lipinski definition) is 3. The van der Waals surface area contributed by atoms with Crippen molar-refractivity contribution >= 4 is 5.78 Å². The van der Waals surface area contributed by atoms with Crippen LogP contribution in [0.2, 0.25) is 0 Å². The maximum absolute atomic E-state index is 4.23. The molecular formula is C7H10N5+. The molecule has 0 fully saturated rings. The highest BCUT2D eigenvalue weighted by Gasteiger charge is 2.12. The lowest BCUT2D eigenvalue weighted by Crippen LogP contribution is -2.29. The molecule has 2 heterocycles. The van der Waals surface area contributed by atoms with Crippen molar-refractivity contribution in [1.29, 1.82) is 0 Å². The molecule has 0 saturated heterocycles. The summed E-state index contributed by atoms with van der Waals surface area (Å²) in [6, 6.07) is 1.97. The fourth-order valence-corrected chi connectivity index (χ4v) is 1.21. The molecule has 0 aliphatic heterocycles. The highest BCUT2D eigenvalue weighted by atomic mass is 15.6. The van der Waals surface area contributed by atoms with Crippen molar-refractivity contribution < 1.29 is 4.52 Å². The Morgan fingerprint density at radius 2 is 2.17 bits per heavy atom. The molecule has 0 radical (unpaired) electrons. The molecule has 0 N–H and O–H groups in total. The summed E-state index contributed by atoms with van der Waals surface area (Å²) in [5.74, 6) is 0.648. The molecule has 2 aromatic rings. The van der Waals surface area contributed by atoms with Gasteiger partial charge in [-0.2, -0.15) is 0 Å². The molecule has 2 rings (SSSR count). The summed E-state index contributed by atoms with van der Waals surface area (Å²) in [6.45, 7) is 3.93. The van der Waals surface area contributed by atoms with E-state index in [0.717, 1.165) is 11.4 Å². The van der Waals surface area contributed by atoms with E-state index in [-0.39, 0.29) is 0 Å². The Balaban J connectivity index is 2.88. The first-order chi connectivity index (χ1) is 5.66. The molecule has 0 aliphatic carbocycles. The lowest BCUT2D eigenvalue weighted by atomic mass is 10.4. The first-order valence-corrected chi connectivity index (χ1v) is 3.74. The standard InChI is InChI=1S/C7H10N5/c1-5-4-6(2)12-7(8-5)9-11(3)10-12/h4H,1-3H3/q+1. The van der Waals surface area contributed by atoms with Crippen LogP contribution in [0.3, 0.4) is 0 Å². The average molecular weight is 164 g/mol. The zero-order valence-corrected chi connectivity index (χ0v) is 7.31. The van der Waals surface area contributed by atoms with Gasteiger partial charge in [0, 0.05) is 11.3 Å². The molecule has 0 atom stereocenters. The second-order valence-corrected chi connectivity index (χ2v) is 2.83. The minimum Gasteiger partial charge on any atom is -0.105 e. The molecule has 5 heteroatoms. The van der Waals surface area contributed by atoms with E-state index in [1.165, 1.54) is 4.80 Å². The van der Waals surface area contributed by atoms with E-state index in [1.54, 1.807) is 11.6 Å². The van der Waals surface area contributed by atoms with E-state index in [0.29, 0.717) is 5.78 Å². The van der Waals surface area contributed by atoms with Crippen LogP contribution in [0.25, 0.3) is 5.78 Å². The molecule has 0 spiro atoms. The SMILES string of the molecule is Cc1cc(C)[n+]2nn(C)nc2n1. The van der Waals surface area contributed by atoms with Gasteiger partial charge in [-0.05, 0) is 13.8 Å². The average Bonchev–Trinajstić information content (AvgIpc) is 2.29. The first kappa shape index (κ1) is 7.15. The predicted molar refractivity (Wildman–Crippen MR) is 41.4 cm³/mol. The van der Waals surface area contributed by atoms with E-state index >= 15 is 0 Å². The summed E-state index contributed by atoms with van der Waals surface area (Å²) < 4.78 is 1.72. The van der Waals surface area contributed by atoms with E-state index in [2.05, 4.69) is 15.3 Å². The molecule has 0 saturated carbocycles. The largest absolute Gasteiger partial charge is 0.439 e. The van der Waals surface area contributed by atoms with Crippen molar-refractivity contribution in [2.24, 2.45) is 7.05 Å². The monoisotopic (exact) mass is 164 g/mol. The molecule has 62 valence electrons. The van der Waals surface area contributed by atoms with Crippen molar-refractivity contribution in [2.45, 2.75) is 13.8 Å². The van der Waals surface area contributed by atoms with Crippen LogP contribution in [-0.2, 0) is 7.05 Å². The normalized spacial score (nSPS) is 10.9. The van der Waals surface area contributed by atoms with Gasteiger partial charge in [-0.15, -0.1) is 4.98 Å².